The van der Waals surface area contributed by atoms with Crippen LogP contribution < -0.4 is 4.54 Å². The molecule has 0 radical (unpaired) electrons. The Labute approximate surface area is 38.0 Å². The van der Waals surface area contributed by atoms with Gasteiger partial charge in [-0.2, -0.15) is 0 Å². The van der Waals surface area contributed by atoms with E-state index < -0.39 is 0 Å². The van der Waals surface area contributed by atoms with Crippen molar-refractivity contribution in [1.82, 2.24) is 4.49 Å². The van der Waals surface area contributed by atoms with Gasteiger partial charge in [-0.1, -0.05) is 4.49 Å². The average Bonchev–Trinajstić information content (AvgIpc) is 1.86. The molecular formula is C2H3N2OS+. The monoisotopic (exact) mass is 103 g/mol. The van der Waals surface area contributed by atoms with Gasteiger partial charge in [-0.05, 0) is 11.5 Å². The summed E-state index contributed by atoms with van der Waals surface area (Å²) in [5.41, 5.74) is 0. The first-order valence-corrected chi connectivity index (χ1v) is 2.32. The topological polar surface area (TPSA) is 38.8 Å². The SMILES string of the molecule is O=[n+]1ccs[nH]1. The van der Waals surface area contributed by atoms with Crippen LogP contribution in [-0.2, 0) is 0 Å². The number of hydrogen-bond donors (Lipinski definition) is 1. The predicted octanol–water partition coefficient (Wildman–Crippen LogP) is -0.00930. The van der Waals surface area contributed by atoms with Crippen molar-refractivity contribution >= 4 is 11.5 Å². The molecule has 0 aromatic carbocycles. The molecule has 0 spiro atoms. The number of hydrogen-bond acceptors (Lipinski definition) is 2. The molecule has 1 rings (SSSR count). The highest BCUT2D eigenvalue weighted by Crippen LogP contribution is 1.75. The number of nitrogens with zero attached hydrogens (tertiary/aromatic N) is 1. The molecule has 0 aliphatic carbocycles. The molecule has 6 heavy (non-hydrogen) atoms. The molecule has 0 aliphatic heterocycles. The van der Waals surface area contributed by atoms with Crippen LogP contribution in [0.2, 0.25) is 0 Å². The minimum absolute atomic E-state index is 0.644. The zero-order valence-corrected chi connectivity index (χ0v) is 3.73. The van der Waals surface area contributed by atoms with Crippen molar-refractivity contribution in [3.8, 4) is 0 Å². The molecule has 3 nitrogen and oxygen atoms in total. The molecule has 0 bridgehead atoms. The van der Waals surface area contributed by atoms with Gasteiger partial charge in [-0.15, -0.1) is 0 Å². The van der Waals surface area contributed by atoms with Gasteiger partial charge in [-0.3, -0.25) is 0 Å². The molecule has 1 heterocycles. The predicted molar refractivity (Wildman–Crippen MR) is 22.0 cm³/mol. The average molecular weight is 103 g/mol. The highest BCUT2D eigenvalue weighted by Gasteiger charge is 1.81. The molecule has 32 valence electrons. The van der Waals surface area contributed by atoms with Crippen molar-refractivity contribution in [2.75, 3.05) is 0 Å². The fourth-order valence-electron chi connectivity index (χ4n) is 0.199. The van der Waals surface area contributed by atoms with Crippen molar-refractivity contribution in [1.29, 1.82) is 0 Å². The van der Waals surface area contributed by atoms with E-state index in [1.807, 2.05) is 0 Å². The van der Waals surface area contributed by atoms with E-state index in [0.29, 0.717) is 4.54 Å². The van der Waals surface area contributed by atoms with Gasteiger partial charge in [0.25, 0.3) is 6.20 Å². The summed E-state index contributed by atoms with van der Waals surface area (Å²) in [7, 11) is 0. The maximum Gasteiger partial charge on any atom is 0.269 e. The van der Waals surface area contributed by atoms with E-state index in [4.69, 9.17) is 0 Å². The van der Waals surface area contributed by atoms with Crippen molar-refractivity contribution in [3.63, 3.8) is 0 Å². The van der Waals surface area contributed by atoms with Crippen LogP contribution in [0.4, 0.5) is 0 Å². The van der Waals surface area contributed by atoms with E-state index in [0.717, 1.165) is 0 Å². The van der Waals surface area contributed by atoms with Crippen LogP contribution >= 0.6 is 11.5 Å². The van der Waals surface area contributed by atoms with Crippen LogP contribution in [0.25, 0.3) is 0 Å². The minimum Gasteiger partial charge on any atom is -0.0659 e. The lowest BCUT2D eigenvalue weighted by atomic mass is 11.0. The quantitative estimate of drug-likeness (QED) is 0.461. The Kier molecular flexibility index (Phi) is 0.719. The van der Waals surface area contributed by atoms with Gasteiger partial charge in [0, 0.05) is 0 Å². The van der Waals surface area contributed by atoms with E-state index in [-0.39, 0.29) is 0 Å². The Morgan fingerprint density at radius 3 is 2.83 bits per heavy atom. The summed E-state index contributed by atoms with van der Waals surface area (Å²) in [4.78, 5) is 9.94. The Morgan fingerprint density at radius 1 is 1.83 bits per heavy atom. The summed E-state index contributed by atoms with van der Waals surface area (Å²) in [5, 5.41) is 1.67. The standard InChI is InChI=1S/C2H3N2OS/c5-4-1-2-6-3-4/h1-2H,(H,3,5)/q+1. The third kappa shape index (κ3) is 0.463. The maximum atomic E-state index is 9.94. The second kappa shape index (κ2) is 1.22. The summed E-state index contributed by atoms with van der Waals surface area (Å²) in [6.45, 7) is 0. The van der Waals surface area contributed by atoms with E-state index >= 15 is 0 Å². The highest BCUT2D eigenvalue weighted by molar-refractivity contribution is 7.03. The Balaban J connectivity index is 3.41. The summed E-state index contributed by atoms with van der Waals surface area (Å²) in [6, 6.07) is 0. The van der Waals surface area contributed by atoms with E-state index in [2.05, 4.69) is 4.49 Å². The molecule has 0 fully saturated rings. The first kappa shape index (κ1) is 3.55. The second-order valence-electron chi connectivity index (χ2n) is 0.820. The minimum atomic E-state index is 0.644. The third-order valence-corrected chi connectivity index (χ3v) is 0.950. The van der Waals surface area contributed by atoms with Gasteiger partial charge in [0.15, 0.2) is 4.54 Å². The summed E-state index contributed by atoms with van der Waals surface area (Å²) in [6.07, 6.45) is 1.41. The fourth-order valence-corrected chi connectivity index (χ4v) is 0.596. The molecule has 1 N–H and O–H groups in total. The van der Waals surface area contributed by atoms with E-state index in [1.165, 1.54) is 17.7 Å². The Morgan fingerprint density at radius 2 is 2.67 bits per heavy atom. The van der Waals surface area contributed by atoms with Crippen LogP contribution in [0, 0.1) is 4.91 Å². The lowest BCUT2D eigenvalue weighted by molar-refractivity contribution is -0.554. The largest absolute Gasteiger partial charge is 0.269 e. The number of aromatic nitrogens is 2. The van der Waals surface area contributed by atoms with Gasteiger partial charge in [0.2, 0.25) is 0 Å². The van der Waals surface area contributed by atoms with Crippen molar-refractivity contribution in [3.05, 3.63) is 16.5 Å². The smallest absolute Gasteiger partial charge is 0.0659 e. The molecule has 0 saturated heterocycles. The van der Waals surface area contributed by atoms with Crippen LogP contribution in [0.5, 0.6) is 0 Å². The number of rotatable bonds is 0. The zero-order valence-electron chi connectivity index (χ0n) is 2.92. The van der Waals surface area contributed by atoms with Gasteiger partial charge in [0.05, 0.1) is 10.3 Å². The van der Waals surface area contributed by atoms with Crippen molar-refractivity contribution in [2.24, 2.45) is 0 Å². The molecule has 0 aliphatic rings. The Hall–Kier alpha value is -0.640. The van der Waals surface area contributed by atoms with Gasteiger partial charge in [-0.25, -0.2) is 0 Å². The maximum absolute atomic E-state index is 9.94. The Bertz CT molecular complexity index is 149. The van der Waals surface area contributed by atoms with E-state index in [1.54, 1.807) is 5.38 Å². The summed E-state index contributed by atoms with van der Waals surface area (Å²) in [5.74, 6) is 0. The first-order valence-electron chi connectivity index (χ1n) is 1.44. The van der Waals surface area contributed by atoms with Crippen molar-refractivity contribution < 1.29 is 4.54 Å². The number of aromatic amines is 1. The van der Waals surface area contributed by atoms with Crippen LogP contribution in [0.3, 0.4) is 0 Å². The van der Waals surface area contributed by atoms with Crippen LogP contribution in [0.1, 0.15) is 0 Å². The van der Waals surface area contributed by atoms with Crippen LogP contribution in [0.15, 0.2) is 11.6 Å². The highest BCUT2D eigenvalue weighted by atomic mass is 32.1. The molecule has 0 unspecified atom stereocenters. The first-order chi connectivity index (χ1) is 2.89. The molecule has 0 saturated carbocycles. The van der Waals surface area contributed by atoms with Gasteiger partial charge >= 0.3 is 0 Å². The van der Waals surface area contributed by atoms with E-state index in [9.17, 15) is 4.91 Å². The van der Waals surface area contributed by atoms with Crippen LogP contribution in [-0.4, -0.2) is 4.49 Å². The zero-order chi connectivity index (χ0) is 4.41. The number of nitrogens with one attached hydrogen (secondary N) is 1. The fraction of sp³-hybridized carbons (Fsp3) is 0. The molecule has 0 atom stereocenters. The summed E-state index contributed by atoms with van der Waals surface area (Å²) >= 11 is 1.27. The van der Waals surface area contributed by atoms with Crippen molar-refractivity contribution in [2.45, 2.75) is 0 Å². The molecular weight excluding hydrogens is 100 g/mol. The summed E-state index contributed by atoms with van der Waals surface area (Å²) < 4.78 is 3.05. The normalized spacial score (nSPS) is 8.67. The lowest BCUT2D eigenvalue weighted by Gasteiger charge is -1.39. The molecule has 4 heteroatoms. The molecule has 1 aromatic heterocycles. The van der Waals surface area contributed by atoms with Gasteiger partial charge < -0.3 is 0 Å². The second-order valence-corrected chi connectivity index (χ2v) is 1.51. The molecule has 0 amide bonds. The molecule has 1 aromatic rings. The number of H-pyrrole nitrogens is 1. The van der Waals surface area contributed by atoms with Gasteiger partial charge in [0.1, 0.15) is 0 Å². The third-order valence-electron chi connectivity index (χ3n) is 0.407. The lowest BCUT2D eigenvalue weighted by Crippen LogP contribution is -2.10.